The number of allylic oxidation sites excluding steroid dienone is 1. The van der Waals surface area contributed by atoms with E-state index in [2.05, 4.69) is 34.5 Å². The highest BCUT2D eigenvalue weighted by Gasteiger charge is 2.24. The molecule has 0 aromatic carbocycles. The molecule has 1 aliphatic heterocycles. The maximum atomic E-state index is 12.0. The second-order valence-electron chi connectivity index (χ2n) is 4.89. The van der Waals surface area contributed by atoms with Crippen LogP contribution >= 0.6 is 22.6 Å². The molecular formula is C15H15IN3O+. The van der Waals surface area contributed by atoms with Gasteiger partial charge >= 0.3 is 5.91 Å². The lowest BCUT2D eigenvalue weighted by atomic mass is 10.2. The molecule has 0 aliphatic carbocycles. The fraction of sp³-hybridized carbons (Fsp3) is 0.267. The molecule has 0 unspecified atom stereocenters. The van der Waals surface area contributed by atoms with Crippen LogP contribution in [0.5, 0.6) is 0 Å². The number of fused-ring (bicyclic) bond motifs is 1. The van der Waals surface area contributed by atoms with Gasteiger partial charge < -0.3 is 0 Å². The number of rotatable bonds is 4. The molecule has 1 aliphatic rings. The van der Waals surface area contributed by atoms with Crippen molar-refractivity contribution in [3.05, 3.63) is 45.4 Å². The van der Waals surface area contributed by atoms with Gasteiger partial charge in [0, 0.05) is 15.3 Å². The zero-order chi connectivity index (χ0) is 14.1. The van der Waals surface area contributed by atoms with Crippen LogP contribution < -0.4 is 0 Å². The Kier molecular flexibility index (Phi) is 3.69. The molecule has 3 heterocycles. The largest absolute Gasteiger partial charge is 0.413 e. The highest BCUT2D eigenvalue weighted by atomic mass is 127. The zero-order valence-corrected chi connectivity index (χ0v) is 13.4. The summed E-state index contributed by atoms with van der Waals surface area (Å²) in [6.45, 7) is 2.68. The van der Waals surface area contributed by atoms with Gasteiger partial charge in [-0.15, -0.1) is 0 Å². The molecule has 0 spiro atoms. The zero-order valence-electron chi connectivity index (χ0n) is 11.2. The van der Waals surface area contributed by atoms with Gasteiger partial charge in [-0.2, -0.15) is 4.58 Å². The number of pyridine rings is 1. The van der Waals surface area contributed by atoms with Crippen molar-refractivity contribution in [1.82, 2.24) is 9.38 Å². The summed E-state index contributed by atoms with van der Waals surface area (Å²) >= 11 is 2.28. The van der Waals surface area contributed by atoms with Crippen LogP contribution in [0.2, 0.25) is 0 Å². The summed E-state index contributed by atoms with van der Waals surface area (Å²) in [5.41, 5.74) is 3.05. The predicted octanol–water partition coefficient (Wildman–Crippen LogP) is 2.79. The van der Waals surface area contributed by atoms with Crippen LogP contribution in [0, 0.1) is 3.57 Å². The first kappa shape index (κ1) is 13.5. The fourth-order valence-corrected chi connectivity index (χ4v) is 2.85. The molecule has 102 valence electrons. The van der Waals surface area contributed by atoms with Crippen LogP contribution in [-0.2, 0) is 11.3 Å². The SMILES string of the molecule is CCCC1=CC(=O)[N+](Cc2cnc3ccc(I)cn23)=C1. The molecule has 0 bridgehead atoms. The molecule has 0 fully saturated rings. The lowest BCUT2D eigenvalue weighted by Crippen LogP contribution is -2.16. The Morgan fingerprint density at radius 1 is 1.40 bits per heavy atom. The van der Waals surface area contributed by atoms with E-state index < -0.39 is 0 Å². The van der Waals surface area contributed by atoms with E-state index >= 15 is 0 Å². The van der Waals surface area contributed by atoms with Crippen molar-refractivity contribution < 1.29 is 9.37 Å². The standard InChI is InChI=1S/C15H15IN3O/c1-2-3-11-6-15(20)18(8-11)10-13-7-17-14-5-4-12(16)9-19(13)14/h4-9H,2-3,10H2,1H3/q+1. The van der Waals surface area contributed by atoms with E-state index in [0.717, 1.165) is 33.3 Å². The third kappa shape index (κ3) is 2.54. The summed E-state index contributed by atoms with van der Waals surface area (Å²) in [6, 6.07) is 4.02. The van der Waals surface area contributed by atoms with Crippen LogP contribution in [-0.4, -0.2) is 26.1 Å². The van der Waals surface area contributed by atoms with Crippen molar-refractivity contribution in [2.24, 2.45) is 0 Å². The van der Waals surface area contributed by atoms with Gasteiger partial charge in [-0.3, -0.25) is 4.40 Å². The van der Waals surface area contributed by atoms with Crippen molar-refractivity contribution in [2.75, 3.05) is 0 Å². The quantitative estimate of drug-likeness (QED) is 0.604. The summed E-state index contributed by atoms with van der Waals surface area (Å²) in [5.74, 6) is 0.0639. The molecule has 3 rings (SSSR count). The molecular weight excluding hydrogens is 365 g/mol. The van der Waals surface area contributed by atoms with Gasteiger partial charge in [0.2, 0.25) is 0 Å². The number of halogens is 1. The molecule has 0 N–H and O–H groups in total. The van der Waals surface area contributed by atoms with E-state index in [1.54, 1.807) is 10.7 Å². The van der Waals surface area contributed by atoms with Crippen LogP contribution in [0.25, 0.3) is 5.65 Å². The molecule has 0 radical (unpaired) electrons. The van der Waals surface area contributed by atoms with E-state index in [9.17, 15) is 4.79 Å². The van der Waals surface area contributed by atoms with E-state index in [1.807, 2.05) is 35.1 Å². The van der Waals surface area contributed by atoms with Crippen molar-refractivity contribution in [2.45, 2.75) is 26.3 Å². The number of aromatic nitrogens is 2. The monoisotopic (exact) mass is 380 g/mol. The molecule has 1 amide bonds. The van der Waals surface area contributed by atoms with Crippen molar-refractivity contribution in [3.63, 3.8) is 0 Å². The van der Waals surface area contributed by atoms with Crippen molar-refractivity contribution in [1.29, 1.82) is 0 Å². The second-order valence-corrected chi connectivity index (χ2v) is 6.14. The van der Waals surface area contributed by atoms with E-state index in [4.69, 9.17) is 0 Å². The summed E-state index contributed by atoms with van der Waals surface area (Å²) in [6.07, 6.45) is 9.57. The van der Waals surface area contributed by atoms with Gasteiger partial charge in [0.1, 0.15) is 11.3 Å². The highest BCUT2D eigenvalue weighted by molar-refractivity contribution is 14.1. The van der Waals surface area contributed by atoms with Gasteiger partial charge in [0.15, 0.2) is 12.8 Å². The van der Waals surface area contributed by atoms with Crippen molar-refractivity contribution in [3.8, 4) is 0 Å². The van der Waals surface area contributed by atoms with E-state index in [0.29, 0.717) is 6.54 Å². The van der Waals surface area contributed by atoms with Crippen LogP contribution in [0.1, 0.15) is 25.5 Å². The van der Waals surface area contributed by atoms with E-state index in [-0.39, 0.29) is 5.91 Å². The van der Waals surface area contributed by atoms with Crippen LogP contribution in [0.15, 0.2) is 36.2 Å². The average molecular weight is 380 g/mol. The van der Waals surface area contributed by atoms with E-state index in [1.165, 1.54) is 0 Å². The van der Waals surface area contributed by atoms with Crippen molar-refractivity contribution >= 4 is 40.4 Å². The van der Waals surface area contributed by atoms with Crippen LogP contribution in [0.4, 0.5) is 0 Å². The minimum absolute atomic E-state index is 0.0639. The molecule has 5 heteroatoms. The topological polar surface area (TPSA) is 37.4 Å². The van der Waals surface area contributed by atoms with Gasteiger partial charge in [-0.05, 0) is 41.1 Å². The Morgan fingerprint density at radius 2 is 2.25 bits per heavy atom. The summed E-state index contributed by atoms with van der Waals surface area (Å²) in [5, 5.41) is 0. The Balaban J connectivity index is 1.89. The normalized spacial score (nSPS) is 14.8. The number of carbonyl (C=O) groups excluding carboxylic acids is 1. The highest BCUT2D eigenvalue weighted by Crippen LogP contribution is 2.14. The summed E-state index contributed by atoms with van der Waals surface area (Å²) < 4.78 is 4.95. The lowest BCUT2D eigenvalue weighted by Gasteiger charge is -1.99. The maximum Gasteiger partial charge on any atom is 0.413 e. The number of hydrogen-bond acceptors (Lipinski definition) is 2. The smallest absolute Gasteiger partial charge is 0.297 e. The Hall–Kier alpha value is -1.50. The molecule has 4 nitrogen and oxygen atoms in total. The first-order chi connectivity index (χ1) is 9.67. The first-order valence-electron chi connectivity index (χ1n) is 6.65. The second kappa shape index (κ2) is 5.47. The maximum absolute atomic E-state index is 12.0. The molecule has 0 atom stereocenters. The van der Waals surface area contributed by atoms with Gasteiger partial charge in [-0.25, -0.2) is 9.78 Å². The minimum atomic E-state index is 0.0639. The number of hydrogen-bond donors (Lipinski definition) is 0. The number of carbonyl (C=O) groups is 1. The fourth-order valence-electron chi connectivity index (χ4n) is 2.39. The van der Waals surface area contributed by atoms with Gasteiger partial charge in [0.25, 0.3) is 0 Å². The van der Waals surface area contributed by atoms with Gasteiger partial charge in [-0.1, -0.05) is 13.3 Å². The average Bonchev–Trinajstić information content (AvgIpc) is 2.95. The third-order valence-corrected chi connectivity index (χ3v) is 3.97. The lowest BCUT2D eigenvalue weighted by molar-refractivity contribution is -0.453. The third-order valence-electron chi connectivity index (χ3n) is 3.33. The molecule has 0 saturated heterocycles. The molecule has 0 saturated carbocycles. The minimum Gasteiger partial charge on any atom is -0.297 e. The summed E-state index contributed by atoms with van der Waals surface area (Å²) in [4.78, 5) is 16.3. The number of nitrogens with zero attached hydrogens (tertiary/aromatic N) is 3. The van der Waals surface area contributed by atoms with Crippen LogP contribution in [0.3, 0.4) is 0 Å². The Bertz CT molecular complexity index is 743. The van der Waals surface area contributed by atoms with Gasteiger partial charge in [0.05, 0.1) is 12.3 Å². The molecule has 2 aromatic heterocycles. The number of amides is 1. The molecule has 2 aromatic rings. The summed E-state index contributed by atoms with van der Waals surface area (Å²) in [7, 11) is 0. The number of imidazole rings is 1. The Labute approximate surface area is 131 Å². The first-order valence-corrected chi connectivity index (χ1v) is 7.73. The molecule has 20 heavy (non-hydrogen) atoms. The predicted molar refractivity (Wildman–Crippen MR) is 85.9 cm³/mol. The Morgan fingerprint density at radius 3 is 3.05 bits per heavy atom.